The van der Waals surface area contributed by atoms with Gasteiger partial charge in [0.1, 0.15) is 137 Å². The molecule has 0 unspecified atom stereocenters. The molecule has 116 heavy (non-hydrogen) atoms. The summed E-state index contributed by atoms with van der Waals surface area (Å²) in [6, 6.07) is 5.24. The SMILES string of the molecule is CC(=O)N[C@@H]1[C@H](O[C@@H]2c3ccc(c(Cl)c3)Oc3cc4cc(c3O)Oc3ccc(cc3Cl)C[C@H]3NC(=O)[C@H](N)c5ccc(O)c(c5)Oc5cc(O)cc(c5)[C@H](NC3=O)C(=O)N[C@H]4C(=O)N[C@H]3C(=O)N[C@@H]2C(=O)N[C@H](C(=O)N2CCN(C)CC2)c2cc(O)cc(O[C@H]4O[C@H](CO)[C@@H](O)[C@@H](O)[C@@H]4O)c2-c2cc3ccc2O)O[C@@H](CO)[C@@H](O)[C@@H]1O. The Morgan fingerprint density at radius 1 is 0.543 bits per heavy atom. The third-order valence-electron chi connectivity index (χ3n) is 20.8. The number of likely N-dealkylation sites (N-methyl/N-ethyl adjacent to an activating group) is 1. The van der Waals surface area contributed by atoms with Gasteiger partial charge in [-0.3, -0.25) is 38.4 Å². The van der Waals surface area contributed by atoms with Crippen LogP contribution in [-0.4, -0.2) is 238 Å². The van der Waals surface area contributed by atoms with Gasteiger partial charge in [0.25, 0.3) is 0 Å². The fourth-order valence-electron chi connectivity index (χ4n) is 14.7. The molecule has 612 valence electrons. The van der Waals surface area contributed by atoms with Crippen molar-refractivity contribution in [1.29, 1.82) is 0 Å². The molecule has 3 fully saturated rings. The van der Waals surface area contributed by atoms with Gasteiger partial charge in [0.2, 0.25) is 59.3 Å². The van der Waals surface area contributed by atoms with Gasteiger partial charge >= 0.3 is 0 Å². The average Bonchev–Trinajstić information content (AvgIpc) is 0.758. The molecule has 0 spiro atoms. The normalized spacial score (nSPS) is 28.3. The van der Waals surface area contributed by atoms with Gasteiger partial charge in [-0.05, 0) is 125 Å². The van der Waals surface area contributed by atoms with Crippen LogP contribution < -0.4 is 61.9 Å². The van der Waals surface area contributed by atoms with Gasteiger partial charge in [-0.25, -0.2) is 0 Å². The molecule has 0 aromatic heterocycles. The number of amides is 8. The molecule has 9 aliphatic heterocycles. The number of hydrogen-bond donors (Lipinski definition) is 20. The van der Waals surface area contributed by atoms with E-state index in [9.17, 15) is 70.9 Å². The number of aliphatic hydroxyl groups excluding tert-OH is 7. The van der Waals surface area contributed by atoms with Crippen molar-refractivity contribution < 1.29 is 133 Å². The second kappa shape index (κ2) is 33.1. The molecule has 16 rings (SSSR count). The van der Waals surface area contributed by atoms with Crippen molar-refractivity contribution in [1.82, 2.24) is 47.0 Å². The Morgan fingerprint density at radius 3 is 1.78 bits per heavy atom. The fraction of sp³-hybridized carbons (Fsp3) is 0.351. The number of halogens is 2. The fourth-order valence-corrected chi connectivity index (χ4v) is 15.1. The molecular weight excluding hydrogens is 1570 g/mol. The van der Waals surface area contributed by atoms with E-state index in [0.29, 0.717) is 0 Å². The van der Waals surface area contributed by atoms with E-state index in [1.807, 2.05) is 4.90 Å². The Labute approximate surface area is 666 Å². The van der Waals surface area contributed by atoms with Crippen LogP contribution in [0.3, 0.4) is 0 Å². The lowest BCUT2D eigenvalue weighted by Crippen LogP contribution is -2.65. The van der Waals surface area contributed by atoms with E-state index in [4.69, 9.17) is 62.1 Å². The Hall–Kier alpha value is -11.4. The molecule has 0 aliphatic carbocycles. The lowest BCUT2D eigenvalue weighted by molar-refractivity contribution is -0.284. The van der Waals surface area contributed by atoms with E-state index in [2.05, 4.69) is 37.2 Å². The smallest absolute Gasteiger partial charge is 0.249 e. The highest BCUT2D eigenvalue weighted by Gasteiger charge is 2.51. The highest BCUT2D eigenvalue weighted by molar-refractivity contribution is 6.32. The summed E-state index contributed by atoms with van der Waals surface area (Å²) in [5.41, 5.74) is 4.02. The molecule has 3 saturated heterocycles. The van der Waals surface area contributed by atoms with Crippen molar-refractivity contribution in [3.63, 3.8) is 0 Å². The number of fused-ring (bicyclic) bond motifs is 14. The van der Waals surface area contributed by atoms with Crippen LogP contribution in [0.15, 0.2) is 115 Å². The molecule has 21 N–H and O–H groups in total. The number of piperazine rings is 1. The molecule has 8 amide bonds. The van der Waals surface area contributed by atoms with Crippen molar-refractivity contribution in [2.75, 3.05) is 46.4 Å². The molecule has 37 nitrogen and oxygen atoms in total. The van der Waals surface area contributed by atoms with Crippen LogP contribution >= 0.6 is 23.2 Å². The van der Waals surface area contributed by atoms with Gasteiger partial charge in [-0.15, -0.1) is 0 Å². The zero-order valence-corrected chi connectivity index (χ0v) is 62.5. The largest absolute Gasteiger partial charge is 0.508 e. The van der Waals surface area contributed by atoms with Crippen LogP contribution in [0.4, 0.5) is 0 Å². The van der Waals surface area contributed by atoms with Gasteiger partial charge in [0.05, 0.1) is 23.3 Å². The van der Waals surface area contributed by atoms with Crippen LogP contribution in [0.5, 0.6) is 69.0 Å². The summed E-state index contributed by atoms with van der Waals surface area (Å²) in [6.45, 7) is -0.510. The summed E-state index contributed by atoms with van der Waals surface area (Å²) in [6.07, 6.45) is -20.4. The molecule has 9 heterocycles. The number of hydrogen-bond acceptors (Lipinski definition) is 29. The molecule has 39 heteroatoms. The Balaban J connectivity index is 1.01. The second-order valence-corrected chi connectivity index (χ2v) is 29.5. The van der Waals surface area contributed by atoms with E-state index >= 15 is 28.8 Å². The summed E-state index contributed by atoms with van der Waals surface area (Å²) in [5.74, 6) is -16.1. The Bertz CT molecular complexity index is 5080. The highest BCUT2D eigenvalue weighted by atomic mass is 35.5. The van der Waals surface area contributed by atoms with E-state index in [0.717, 1.165) is 73.7 Å². The third kappa shape index (κ3) is 16.3. The van der Waals surface area contributed by atoms with E-state index in [-0.39, 0.29) is 76.5 Å². The summed E-state index contributed by atoms with van der Waals surface area (Å²) in [7, 11) is 1.77. The standard InChI is InChI=1S/C77H78Cl2N10O27/c1-29(92)81-60-65(100)63(98)52(27-90)114-76(60)116-68-33-6-10-47(42(79)20-33)112-51-23-35-22-50(62(51)97)111-46-9-3-30(15-41(46)78)16-43-69(103)83-57(34-17-36(93)24-38(18-34)110-48-21-31(4-8-45(48)96)55(80)70(104)82-43)72(106)85-58(35)73(107)84-56-32-5-7-44(95)39(19-32)54-40(25-37(94)26-49(54)113-77-67(102)66(101)64(99)53(28-91)115-77)59(86-74(108)61(68)87-71(56)105)75(109)89-13-11-88(2)12-14-89/h3-10,15,17-26,43,52-53,55-61,63-68,76-77,90-91,93-102H,11-14,16,27-28,80H2,1-2H3,(H,81,92)(H,82,104)(H,83,103)(H,84,107)(H,85,106)(H,86,108)(H,87,105)/t43-,52+,53-,55-,56-,57+,58-,59+,60+,61+,63-,64-,65-,66-,67+,68-,76+,77+/m1/s1. The van der Waals surface area contributed by atoms with E-state index < -0.39 is 255 Å². The van der Waals surface area contributed by atoms with Crippen molar-refractivity contribution in [2.24, 2.45) is 5.73 Å². The predicted molar refractivity (Wildman–Crippen MR) is 398 cm³/mol. The maximum atomic E-state index is 16.6. The van der Waals surface area contributed by atoms with Crippen LogP contribution in [-0.2, 0) is 59.0 Å². The third-order valence-corrected chi connectivity index (χ3v) is 21.4. The molecule has 0 saturated carbocycles. The number of phenols is 5. The molecule has 7 aromatic carbocycles. The first-order valence-electron chi connectivity index (χ1n) is 36.2. The maximum Gasteiger partial charge on any atom is 0.249 e. The Kier molecular flexibility index (Phi) is 23.1. The number of nitrogens with zero attached hydrogens (tertiary/aromatic N) is 2. The lowest BCUT2D eigenvalue weighted by Gasteiger charge is -2.44. The molecule has 0 radical (unpaired) electrons. The molecular formula is C77H78Cl2N10O27. The highest BCUT2D eigenvalue weighted by Crippen LogP contribution is 2.50. The zero-order valence-electron chi connectivity index (χ0n) is 61.0. The van der Waals surface area contributed by atoms with Crippen molar-refractivity contribution >= 4 is 70.5 Å². The maximum absolute atomic E-state index is 16.6. The number of phenolic OH excluding ortho intramolecular Hbond substituents is 5. The van der Waals surface area contributed by atoms with Crippen molar-refractivity contribution in [2.45, 2.75) is 123 Å². The number of benzene rings is 7. The lowest BCUT2D eigenvalue weighted by atomic mass is 9.88. The quantitative estimate of drug-likeness (QED) is 0.0960. The first-order valence-corrected chi connectivity index (χ1v) is 37.0. The van der Waals surface area contributed by atoms with Crippen molar-refractivity contribution in [3.05, 3.63) is 164 Å². The minimum Gasteiger partial charge on any atom is -0.508 e. The first-order chi connectivity index (χ1) is 55.3. The number of rotatable bonds is 8. The van der Waals surface area contributed by atoms with Gasteiger partial charge in [-0.2, -0.15) is 0 Å². The van der Waals surface area contributed by atoms with E-state index in [1.54, 1.807) is 7.05 Å². The molecule has 17 bridgehead atoms. The number of aliphatic hydroxyl groups is 7. The summed E-state index contributed by atoms with van der Waals surface area (Å²) >= 11 is 14.3. The summed E-state index contributed by atoms with van der Waals surface area (Å²) in [4.78, 5) is 128. The number of carbonyl (C=O) groups excluding carboxylic acids is 8. The van der Waals surface area contributed by atoms with Gasteiger partial charge in [0, 0.05) is 62.8 Å². The number of ether oxygens (including phenoxy) is 7. The van der Waals surface area contributed by atoms with Crippen LogP contribution in [0.2, 0.25) is 10.0 Å². The topological polar surface area (TPSA) is 561 Å². The number of aromatic hydroxyl groups is 5. The monoisotopic (exact) mass is 1640 g/mol. The minimum absolute atomic E-state index is 0.0215. The molecule has 18 atom stereocenters. The summed E-state index contributed by atoms with van der Waals surface area (Å²) < 4.78 is 43.8. The number of nitrogens with two attached hydrogens (primary N) is 1. The predicted octanol–water partition coefficient (Wildman–Crippen LogP) is 0.115. The Morgan fingerprint density at radius 2 is 1.12 bits per heavy atom. The molecule has 7 aromatic rings. The van der Waals surface area contributed by atoms with Gasteiger partial charge in [0.15, 0.2) is 29.3 Å². The summed E-state index contributed by atoms with van der Waals surface area (Å²) in [5, 5.41) is 155. The van der Waals surface area contributed by atoms with Gasteiger partial charge < -0.3 is 147 Å². The first kappa shape index (κ1) is 81.2. The van der Waals surface area contributed by atoms with Crippen LogP contribution in [0.1, 0.15) is 82.2 Å². The van der Waals surface area contributed by atoms with E-state index in [1.165, 1.54) is 53.4 Å². The second-order valence-electron chi connectivity index (χ2n) is 28.7. The molecule has 9 aliphatic rings. The number of carbonyl (C=O) groups is 8. The van der Waals surface area contributed by atoms with Crippen molar-refractivity contribution in [3.8, 4) is 80.1 Å². The minimum atomic E-state index is -2.41. The average molecular weight is 1650 g/mol. The van der Waals surface area contributed by atoms with Crippen LogP contribution in [0.25, 0.3) is 11.1 Å². The zero-order chi connectivity index (χ0) is 82.7. The van der Waals surface area contributed by atoms with Gasteiger partial charge in [-0.1, -0.05) is 47.5 Å². The van der Waals surface area contributed by atoms with Crippen LogP contribution in [0, 0.1) is 0 Å². The number of nitrogens with one attached hydrogen (secondary N) is 7.